The normalized spacial score (nSPS) is 23.8. The Labute approximate surface area is 125 Å². The van der Waals surface area contributed by atoms with Gasteiger partial charge >= 0.3 is 6.09 Å². The van der Waals surface area contributed by atoms with Crippen molar-refractivity contribution >= 4 is 17.8 Å². The number of carbonyl (C=O) groups is 3. The molecular weight excluding hydrogens is 272 g/mol. The summed E-state index contributed by atoms with van der Waals surface area (Å²) in [6.07, 6.45) is 0.417. The lowest BCUT2D eigenvalue weighted by Gasteiger charge is -2.42. The molecule has 6 heteroatoms. The minimum Gasteiger partial charge on any atom is -0.444 e. The number of hydrogen-bond acceptors (Lipinski definition) is 4. The average Bonchev–Trinajstić information content (AvgIpc) is 2.31. The van der Waals surface area contributed by atoms with Crippen LogP contribution in [0.5, 0.6) is 0 Å². The molecule has 0 aromatic carbocycles. The van der Waals surface area contributed by atoms with Crippen LogP contribution in [-0.2, 0) is 14.3 Å². The predicted octanol–water partition coefficient (Wildman–Crippen LogP) is 1.43. The Hall–Kier alpha value is -1.59. The molecule has 118 valence electrons. The number of amides is 2. The number of rotatable bonds is 1. The summed E-state index contributed by atoms with van der Waals surface area (Å²) in [7, 11) is 0. The van der Waals surface area contributed by atoms with Gasteiger partial charge in [-0.2, -0.15) is 0 Å². The van der Waals surface area contributed by atoms with Crippen LogP contribution in [0.15, 0.2) is 0 Å². The zero-order valence-corrected chi connectivity index (χ0v) is 13.2. The molecule has 2 rings (SSSR count). The van der Waals surface area contributed by atoms with E-state index in [-0.39, 0.29) is 29.7 Å². The summed E-state index contributed by atoms with van der Waals surface area (Å²) in [6.45, 7) is 8.91. The first kappa shape index (κ1) is 15.8. The van der Waals surface area contributed by atoms with Crippen LogP contribution in [0.2, 0.25) is 0 Å². The van der Waals surface area contributed by atoms with E-state index in [0.29, 0.717) is 32.5 Å². The molecule has 1 atom stereocenters. The predicted molar refractivity (Wildman–Crippen MR) is 76.7 cm³/mol. The van der Waals surface area contributed by atoms with Gasteiger partial charge in [0.15, 0.2) is 0 Å². The highest BCUT2D eigenvalue weighted by atomic mass is 16.6. The van der Waals surface area contributed by atoms with Crippen LogP contribution < -0.4 is 0 Å². The van der Waals surface area contributed by atoms with E-state index >= 15 is 0 Å². The largest absolute Gasteiger partial charge is 0.444 e. The maximum atomic E-state index is 12.2. The Morgan fingerprint density at radius 2 is 1.81 bits per heavy atom. The van der Waals surface area contributed by atoms with E-state index in [1.54, 1.807) is 9.80 Å². The van der Waals surface area contributed by atoms with Crippen molar-refractivity contribution in [1.82, 2.24) is 9.80 Å². The second kappa shape index (κ2) is 5.66. The van der Waals surface area contributed by atoms with Crippen molar-refractivity contribution in [3.05, 3.63) is 0 Å². The molecule has 2 fully saturated rings. The SMILES string of the molecule is C[C@@H]1CN(C(=O)C2CC(=O)C2)CCN1C(=O)OC(C)(C)C. The van der Waals surface area contributed by atoms with Crippen LogP contribution in [0.4, 0.5) is 4.79 Å². The second-order valence-electron chi connectivity index (χ2n) is 6.95. The molecule has 0 spiro atoms. The Balaban J connectivity index is 1.88. The lowest BCUT2D eigenvalue weighted by Crippen LogP contribution is -2.57. The average molecular weight is 296 g/mol. The molecular formula is C15H24N2O4. The van der Waals surface area contributed by atoms with Crippen LogP contribution in [0.1, 0.15) is 40.5 Å². The maximum Gasteiger partial charge on any atom is 0.410 e. The second-order valence-corrected chi connectivity index (χ2v) is 6.95. The van der Waals surface area contributed by atoms with E-state index in [0.717, 1.165) is 0 Å². The molecule has 6 nitrogen and oxygen atoms in total. The van der Waals surface area contributed by atoms with Crippen molar-refractivity contribution < 1.29 is 19.1 Å². The first-order valence-corrected chi connectivity index (χ1v) is 7.47. The van der Waals surface area contributed by atoms with E-state index in [4.69, 9.17) is 4.74 Å². The molecule has 1 saturated heterocycles. The van der Waals surface area contributed by atoms with Gasteiger partial charge in [0, 0.05) is 38.5 Å². The first-order chi connectivity index (χ1) is 9.67. The van der Waals surface area contributed by atoms with Gasteiger partial charge in [0.1, 0.15) is 11.4 Å². The highest BCUT2D eigenvalue weighted by Gasteiger charge is 2.39. The van der Waals surface area contributed by atoms with Crippen molar-refractivity contribution in [2.45, 2.75) is 52.2 Å². The lowest BCUT2D eigenvalue weighted by atomic mass is 9.83. The van der Waals surface area contributed by atoms with Crippen LogP contribution in [0.3, 0.4) is 0 Å². The fourth-order valence-electron chi connectivity index (χ4n) is 2.67. The Kier molecular flexibility index (Phi) is 4.25. The van der Waals surface area contributed by atoms with Gasteiger partial charge in [-0.15, -0.1) is 0 Å². The van der Waals surface area contributed by atoms with Crippen molar-refractivity contribution in [3.8, 4) is 0 Å². The van der Waals surface area contributed by atoms with Crippen LogP contribution in [0.25, 0.3) is 0 Å². The van der Waals surface area contributed by atoms with Gasteiger partial charge in [-0.1, -0.05) is 0 Å². The Bertz CT molecular complexity index is 447. The summed E-state index contributed by atoms with van der Waals surface area (Å²) in [6, 6.07) is -0.0756. The van der Waals surface area contributed by atoms with E-state index in [1.165, 1.54) is 0 Å². The van der Waals surface area contributed by atoms with E-state index < -0.39 is 5.60 Å². The Morgan fingerprint density at radius 3 is 2.29 bits per heavy atom. The highest BCUT2D eigenvalue weighted by molar-refractivity contribution is 5.96. The molecule has 0 unspecified atom stereocenters. The number of nitrogens with zero attached hydrogens (tertiary/aromatic N) is 2. The summed E-state index contributed by atoms with van der Waals surface area (Å²) in [4.78, 5) is 38.7. The quantitative estimate of drug-likeness (QED) is 0.734. The zero-order chi connectivity index (χ0) is 15.8. The smallest absolute Gasteiger partial charge is 0.410 e. The minimum atomic E-state index is -0.518. The molecule has 21 heavy (non-hydrogen) atoms. The molecule has 2 amide bonds. The molecule has 2 aliphatic rings. The number of piperazine rings is 1. The van der Waals surface area contributed by atoms with Gasteiger partial charge in [0.2, 0.25) is 5.91 Å². The van der Waals surface area contributed by atoms with Crippen molar-refractivity contribution in [3.63, 3.8) is 0 Å². The number of hydrogen-bond donors (Lipinski definition) is 0. The van der Waals surface area contributed by atoms with Crippen LogP contribution >= 0.6 is 0 Å². The third-order valence-corrected chi connectivity index (χ3v) is 3.86. The van der Waals surface area contributed by atoms with Gasteiger partial charge < -0.3 is 14.5 Å². The first-order valence-electron chi connectivity index (χ1n) is 7.47. The van der Waals surface area contributed by atoms with Crippen LogP contribution in [0, 0.1) is 5.92 Å². The van der Waals surface area contributed by atoms with Gasteiger partial charge in [-0.25, -0.2) is 4.79 Å². The van der Waals surface area contributed by atoms with E-state index in [2.05, 4.69) is 0 Å². The highest BCUT2D eigenvalue weighted by Crippen LogP contribution is 2.26. The van der Waals surface area contributed by atoms with Gasteiger partial charge in [0.25, 0.3) is 0 Å². The number of ether oxygens (including phenoxy) is 1. The fraction of sp³-hybridized carbons (Fsp3) is 0.800. The van der Waals surface area contributed by atoms with E-state index in [1.807, 2.05) is 27.7 Å². The molecule has 0 radical (unpaired) electrons. The molecule has 0 bridgehead atoms. The molecule has 0 N–H and O–H groups in total. The monoisotopic (exact) mass is 296 g/mol. The molecule has 1 aliphatic carbocycles. The third-order valence-electron chi connectivity index (χ3n) is 3.86. The number of ketones is 1. The Morgan fingerprint density at radius 1 is 1.19 bits per heavy atom. The summed E-state index contributed by atoms with van der Waals surface area (Å²) in [5.41, 5.74) is -0.518. The van der Waals surface area contributed by atoms with Crippen molar-refractivity contribution in [1.29, 1.82) is 0 Å². The summed E-state index contributed by atoms with van der Waals surface area (Å²) >= 11 is 0. The van der Waals surface area contributed by atoms with Crippen molar-refractivity contribution in [2.75, 3.05) is 19.6 Å². The number of Topliss-reactive ketones (excluding diaryl/α,β-unsaturated/α-hetero) is 1. The molecule has 1 heterocycles. The lowest BCUT2D eigenvalue weighted by molar-refractivity contribution is -0.147. The standard InChI is InChI=1S/C15H24N2O4/c1-10-9-16(13(19)11-7-12(18)8-11)5-6-17(10)14(20)21-15(2,3)4/h10-11H,5-9H2,1-4H3/t10-/m1/s1. The van der Waals surface area contributed by atoms with Gasteiger partial charge in [0.05, 0.1) is 5.92 Å². The van der Waals surface area contributed by atoms with Gasteiger partial charge in [-0.05, 0) is 27.7 Å². The summed E-state index contributed by atoms with van der Waals surface area (Å²) in [5, 5.41) is 0. The summed E-state index contributed by atoms with van der Waals surface area (Å²) in [5.74, 6) is 0.0665. The molecule has 0 aromatic heterocycles. The molecule has 1 aliphatic heterocycles. The third kappa shape index (κ3) is 3.74. The van der Waals surface area contributed by atoms with Crippen LogP contribution in [-0.4, -0.2) is 58.9 Å². The summed E-state index contributed by atoms with van der Waals surface area (Å²) < 4.78 is 5.38. The van der Waals surface area contributed by atoms with E-state index in [9.17, 15) is 14.4 Å². The zero-order valence-electron chi connectivity index (χ0n) is 13.2. The minimum absolute atomic E-state index is 0.0466. The number of carbonyl (C=O) groups excluding carboxylic acids is 3. The van der Waals surface area contributed by atoms with Crippen molar-refractivity contribution in [2.24, 2.45) is 5.92 Å². The molecule has 1 saturated carbocycles. The topological polar surface area (TPSA) is 66.9 Å². The molecule has 0 aromatic rings. The fourth-order valence-corrected chi connectivity index (χ4v) is 2.67. The van der Waals surface area contributed by atoms with Gasteiger partial charge in [-0.3, -0.25) is 9.59 Å². The maximum absolute atomic E-state index is 12.2.